The molecule has 0 spiro atoms. The van der Waals surface area contributed by atoms with Crippen LogP contribution in [-0.2, 0) is 0 Å². The van der Waals surface area contributed by atoms with Gasteiger partial charge in [-0.15, -0.1) is 0 Å². The van der Waals surface area contributed by atoms with E-state index in [-0.39, 0.29) is 0 Å². The minimum Gasteiger partial charge on any atom is -0.381 e. The average molecular weight is 181 g/mol. The molecule has 0 bridgehead atoms. The molecule has 1 fully saturated rings. The molecule has 1 saturated carbocycles. The van der Waals surface area contributed by atoms with Crippen molar-refractivity contribution in [1.29, 1.82) is 0 Å². The lowest BCUT2D eigenvalue weighted by Gasteiger charge is -2.20. The van der Waals surface area contributed by atoms with Gasteiger partial charge in [-0.05, 0) is 36.6 Å². The van der Waals surface area contributed by atoms with Crippen molar-refractivity contribution in [2.75, 3.05) is 5.32 Å². The molecule has 1 unspecified atom stereocenters. The van der Waals surface area contributed by atoms with Gasteiger partial charge < -0.3 is 5.32 Å². The summed E-state index contributed by atoms with van der Waals surface area (Å²) in [5, 5.41) is 7.82. The van der Waals surface area contributed by atoms with Gasteiger partial charge in [0.25, 0.3) is 0 Å². The van der Waals surface area contributed by atoms with Gasteiger partial charge in [0.2, 0.25) is 0 Å². The molecular weight excluding hydrogens is 166 g/mol. The molecule has 0 saturated heterocycles. The Kier molecular flexibility index (Phi) is 1.87. The van der Waals surface area contributed by atoms with Crippen LogP contribution in [0.3, 0.4) is 0 Å². The summed E-state index contributed by atoms with van der Waals surface area (Å²) in [5.41, 5.74) is 1.85. The van der Waals surface area contributed by atoms with Gasteiger partial charge in [-0.25, -0.2) is 0 Å². The van der Waals surface area contributed by atoms with Gasteiger partial charge in [0.1, 0.15) is 0 Å². The Labute approximate surface area is 77.8 Å². The van der Waals surface area contributed by atoms with Crippen LogP contribution in [0.1, 0.15) is 26.7 Å². The molecule has 0 aliphatic heterocycles. The van der Waals surface area contributed by atoms with Crippen molar-refractivity contribution in [1.82, 2.24) is 0 Å². The zero-order valence-corrected chi connectivity index (χ0v) is 8.45. The summed E-state index contributed by atoms with van der Waals surface area (Å²) in [6.45, 7) is 4.64. The number of rotatable bonds is 3. The molecule has 1 heterocycles. The highest BCUT2D eigenvalue weighted by atomic mass is 32.1. The summed E-state index contributed by atoms with van der Waals surface area (Å²) in [6.07, 6.45) is 2.76. The molecule has 0 radical (unpaired) electrons. The highest BCUT2D eigenvalue weighted by Gasteiger charge is 2.42. The number of hydrogen-bond donors (Lipinski definition) is 1. The normalized spacial score (nSPS) is 21.8. The maximum atomic E-state index is 3.53. The maximum absolute atomic E-state index is 3.53. The first-order chi connectivity index (χ1) is 5.71. The summed E-state index contributed by atoms with van der Waals surface area (Å²) in [4.78, 5) is 0. The molecule has 1 nitrogen and oxygen atoms in total. The van der Waals surface area contributed by atoms with Crippen molar-refractivity contribution < 1.29 is 0 Å². The van der Waals surface area contributed by atoms with E-state index in [9.17, 15) is 0 Å². The molecule has 1 aliphatic carbocycles. The number of nitrogens with one attached hydrogen (secondary N) is 1. The smallest absolute Gasteiger partial charge is 0.0451 e. The Hall–Kier alpha value is -0.500. The van der Waals surface area contributed by atoms with Crippen molar-refractivity contribution in [2.24, 2.45) is 5.41 Å². The van der Waals surface area contributed by atoms with Gasteiger partial charge in [0, 0.05) is 17.1 Å². The van der Waals surface area contributed by atoms with Gasteiger partial charge >= 0.3 is 0 Å². The Morgan fingerprint density at radius 1 is 1.58 bits per heavy atom. The molecule has 1 aromatic heterocycles. The lowest BCUT2D eigenvalue weighted by atomic mass is 10.0. The number of anilines is 1. The van der Waals surface area contributed by atoms with E-state index in [2.05, 4.69) is 36.0 Å². The minimum atomic E-state index is 0.571. The van der Waals surface area contributed by atoms with Crippen LogP contribution in [0, 0.1) is 5.41 Å². The molecule has 12 heavy (non-hydrogen) atoms. The van der Waals surface area contributed by atoms with Crippen molar-refractivity contribution in [3.05, 3.63) is 16.8 Å². The predicted molar refractivity (Wildman–Crippen MR) is 54.7 cm³/mol. The van der Waals surface area contributed by atoms with E-state index in [0.29, 0.717) is 11.5 Å². The van der Waals surface area contributed by atoms with Crippen LogP contribution >= 0.6 is 11.3 Å². The molecule has 0 amide bonds. The van der Waals surface area contributed by atoms with E-state index < -0.39 is 0 Å². The second-order valence-corrected chi connectivity index (χ2v) is 4.81. The monoisotopic (exact) mass is 181 g/mol. The quantitative estimate of drug-likeness (QED) is 0.754. The van der Waals surface area contributed by atoms with Gasteiger partial charge in [-0.3, -0.25) is 0 Å². The van der Waals surface area contributed by atoms with E-state index >= 15 is 0 Å². The molecule has 1 aliphatic rings. The second kappa shape index (κ2) is 2.77. The van der Waals surface area contributed by atoms with Gasteiger partial charge in [0.05, 0.1) is 0 Å². The zero-order chi connectivity index (χ0) is 8.60. The fourth-order valence-corrected chi connectivity index (χ4v) is 2.00. The Morgan fingerprint density at radius 2 is 2.33 bits per heavy atom. The summed E-state index contributed by atoms with van der Waals surface area (Å²) in [6, 6.07) is 2.76. The molecular formula is C10H15NS. The van der Waals surface area contributed by atoms with Crippen LogP contribution in [-0.4, -0.2) is 6.04 Å². The van der Waals surface area contributed by atoms with Crippen LogP contribution in [0.4, 0.5) is 5.69 Å². The third kappa shape index (κ3) is 1.48. The Morgan fingerprint density at radius 3 is 2.83 bits per heavy atom. The van der Waals surface area contributed by atoms with E-state index in [4.69, 9.17) is 0 Å². The minimum absolute atomic E-state index is 0.571. The number of thiophene rings is 1. The SMILES string of the molecule is CC(Nc1ccsc1)C1(C)CC1. The van der Waals surface area contributed by atoms with Crippen molar-refractivity contribution in [2.45, 2.75) is 32.7 Å². The third-order valence-corrected chi connectivity index (χ3v) is 3.67. The van der Waals surface area contributed by atoms with Crippen molar-refractivity contribution >= 4 is 17.0 Å². The lowest BCUT2D eigenvalue weighted by molar-refractivity contribution is 0.493. The second-order valence-electron chi connectivity index (χ2n) is 4.03. The summed E-state index contributed by atoms with van der Waals surface area (Å²) in [7, 11) is 0. The summed E-state index contributed by atoms with van der Waals surface area (Å²) < 4.78 is 0. The Balaban J connectivity index is 1.95. The molecule has 2 rings (SSSR count). The van der Waals surface area contributed by atoms with Gasteiger partial charge in [-0.2, -0.15) is 11.3 Å². The lowest BCUT2D eigenvalue weighted by Crippen LogP contribution is -2.24. The predicted octanol–water partition coefficient (Wildman–Crippen LogP) is 3.35. The standard InChI is InChI=1S/C10H15NS/c1-8(10(2)4-5-10)11-9-3-6-12-7-9/h3,6-8,11H,4-5H2,1-2H3. The van der Waals surface area contributed by atoms with Gasteiger partial charge in [0.15, 0.2) is 0 Å². The highest BCUT2D eigenvalue weighted by Crippen LogP contribution is 2.48. The largest absolute Gasteiger partial charge is 0.381 e. The van der Waals surface area contributed by atoms with Crippen LogP contribution < -0.4 is 5.32 Å². The topological polar surface area (TPSA) is 12.0 Å². The summed E-state index contributed by atoms with van der Waals surface area (Å²) in [5.74, 6) is 0. The number of hydrogen-bond acceptors (Lipinski definition) is 2. The molecule has 2 heteroatoms. The van der Waals surface area contributed by atoms with Crippen LogP contribution in [0.15, 0.2) is 16.8 Å². The fourth-order valence-electron chi connectivity index (χ4n) is 1.40. The first-order valence-corrected chi connectivity index (χ1v) is 5.44. The first kappa shape index (κ1) is 8.11. The van der Waals surface area contributed by atoms with Crippen LogP contribution in [0.5, 0.6) is 0 Å². The van der Waals surface area contributed by atoms with Crippen molar-refractivity contribution in [3.63, 3.8) is 0 Å². The first-order valence-electron chi connectivity index (χ1n) is 4.49. The molecule has 1 aromatic rings. The van der Waals surface area contributed by atoms with Crippen LogP contribution in [0.25, 0.3) is 0 Å². The van der Waals surface area contributed by atoms with Gasteiger partial charge in [-0.1, -0.05) is 6.92 Å². The van der Waals surface area contributed by atoms with E-state index in [1.54, 1.807) is 11.3 Å². The molecule has 66 valence electrons. The van der Waals surface area contributed by atoms with E-state index in [0.717, 1.165) is 0 Å². The van der Waals surface area contributed by atoms with Crippen LogP contribution in [0.2, 0.25) is 0 Å². The average Bonchev–Trinajstić information content (AvgIpc) is 2.63. The van der Waals surface area contributed by atoms with Crippen molar-refractivity contribution in [3.8, 4) is 0 Å². The molecule has 1 N–H and O–H groups in total. The zero-order valence-electron chi connectivity index (χ0n) is 7.63. The molecule has 1 atom stereocenters. The summed E-state index contributed by atoms with van der Waals surface area (Å²) >= 11 is 1.75. The van der Waals surface area contributed by atoms with E-state index in [1.807, 2.05) is 0 Å². The fraction of sp³-hybridized carbons (Fsp3) is 0.600. The molecule has 0 aromatic carbocycles. The Bertz CT molecular complexity index is 249. The van der Waals surface area contributed by atoms with E-state index in [1.165, 1.54) is 18.5 Å². The maximum Gasteiger partial charge on any atom is 0.0451 e. The third-order valence-electron chi connectivity index (χ3n) is 2.99. The highest BCUT2D eigenvalue weighted by molar-refractivity contribution is 7.08.